The minimum absolute atomic E-state index is 0.126. The molecule has 3 N–H and O–H groups in total. The number of nitrogens with one attached hydrogen (secondary N) is 3. The van der Waals surface area contributed by atoms with Gasteiger partial charge in [0.15, 0.2) is 17.3 Å². The largest absolute Gasteiger partial charge is 0.326 e. The van der Waals surface area contributed by atoms with Crippen LogP contribution in [0, 0.1) is 11.7 Å². The number of aromatic nitrogens is 7. The van der Waals surface area contributed by atoms with Gasteiger partial charge in [0.25, 0.3) is 0 Å². The number of H-pyrrole nitrogens is 2. The summed E-state index contributed by atoms with van der Waals surface area (Å²) in [6, 6.07) is 1.70. The van der Waals surface area contributed by atoms with Gasteiger partial charge in [0, 0.05) is 30.3 Å². The molecule has 5 aromatic rings. The molecule has 34 heavy (non-hydrogen) atoms. The zero-order valence-electron chi connectivity index (χ0n) is 17.6. The van der Waals surface area contributed by atoms with Crippen molar-refractivity contribution in [1.82, 2.24) is 34.8 Å². The number of halogens is 3. The molecule has 4 heterocycles. The highest BCUT2D eigenvalue weighted by Crippen LogP contribution is 2.43. The summed E-state index contributed by atoms with van der Waals surface area (Å²) in [5, 5.41) is 16.7. The minimum atomic E-state index is -1.10. The number of hydrogen-bond donors (Lipinski definition) is 3. The second-order valence-electron chi connectivity index (χ2n) is 8.02. The van der Waals surface area contributed by atoms with Crippen LogP contribution >= 0.6 is 11.6 Å². The molecule has 2 atom stereocenters. The van der Waals surface area contributed by atoms with E-state index in [-0.39, 0.29) is 22.9 Å². The van der Waals surface area contributed by atoms with Crippen molar-refractivity contribution in [3.63, 3.8) is 0 Å². The summed E-state index contributed by atoms with van der Waals surface area (Å²) in [7, 11) is 1.68. The monoisotopic (exact) mass is 483 g/mol. The van der Waals surface area contributed by atoms with Crippen LogP contribution in [0.15, 0.2) is 37.1 Å². The van der Waals surface area contributed by atoms with E-state index >= 15 is 4.39 Å². The van der Waals surface area contributed by atoms with E-state index in [0.29, 0.717) is 33.6 Å². The Hall–Kier alpha value is -4.06. The van der Waals surface area contributed by atoms with E-state index in [2.05, 4.69) is 35.7 Å². The van der Waals surface area contributed by atoms with Crippen molar-refractivity contribution < 1.29 is 13.6 Å². The first kappa shape index (κ1) is 20.5. The number of hydrogen-bond acceptors (Lipinski definition) is 6. The predicted molar refractivity (Wildman–Crippen MR) is 121 cm³/mol. The van der Waals surface area contributed by atoms with E-state index in [9.17, 15) is 9.18 Å². The summed E-state index contributed by atoms with van der Waals surface area (Å²) in [6.45, 7) is 0. The van der Waals surface area contributed by atoms with Crippen LogP contribution in [0.2, 0.25) is 5.02 Å². The first-order valence-corrected chi connectivity index (χ1v) is 10.7. The van der Waals surface area contributed by atoms with Crippen LogP contribution in [0.4, 0.5) is 26.1 Å². The molecule has 1 fully saturated rings. The predicted octanol–water partition coefficient (Wildman–Crippen LogP) is 3.85. The lowest BCUT2D eigenvalue weighted by atomic mass is 10.0. The highest BCUT2D eigenvalue weighted by molar-refractivity contribution is 6.36. The van der Waals surface area contributed by atoms with Crippen molar-refractivity contribution in [2.75, 3.05) is 17.3 Å². The van der Waals surface area contributed by atoms with Gasteiger partial charge in [-0.15, -0.1) is 0 Å². The number of fused-ring (bicyclic) bond motifs is 2. The number of benzene rings is 1. The summed E-state index contributed by atoms with van der Waals surface area (Å²) in [4.78, 5) is 22.3. The van der Waals surface area contributed by atoms with Crippen LogP contribution in [0.1, 0.15) is 6.42 Å². The van der Waals surface area contributed by atoms with Gasteiger partial charge < -0.3 is 14.6 Å². The van der Waals surface area contributed by atoms with E-state index in [1.807, 2.05) is 0 Å². The molecule has 2 unspecified atom stereocenters. The smallest absolute Gasteiger partial charge is 0.231 e. The van der Waals surface area contributed by atoms with Gasteiger partial charge in [-0.3, -0.25) is 20.0 Å². The average molecular weight is 484 g/mol. The third-order valence-corrected chi connectivity index (χ3v) is 6.20. The lowest BCUT2D eigenvalue weighted by molar-refractivity contribution is -0.117. The SMILES string of the molecule is CN(c1ccn[nH]1)c1c(F)c(Cl)c(-c2cn3cc(NC(=O)C4CC4F)nc3cn2)c2cn[nH]c12. The molecule has 1 saturated carbocycles. The van der Waals surface area contributed by atoms with Crippen LogP contribution in [-0.4, -0.2) is 53.9 Å². The van der Waals surface area contributed by atoms with Gasteiger partial charge in [-0.05, 0) is 6.42 Å². The summed E-state index contributed by atoms with van der Waals surface area (Å²) < 4.78 is 30.4. The topological polar surface area (TPSA) is 120 Å². The Balaban J connectivity index is 1.43. The maximum Gasteiger partial charge on any atom is 0.231 e. The molecule has 10 nitrogen and oxygen atoms in total. The van der Waals surface area contributed by atoms with Crippen molar-refractivity contribution >= 4 is 51.4 Å². The first-order valence-electron chi connectivity index (χ1n) is 10.3. The van der Waals surface area contributed by atoms with E-state index in [4.69, 9.17) is 11.6 Å². The van der Waals surface area contributed by atoms with Gasteiger partial charge >= 0.3 is 0 Å². The number of imidazole rings is 1. The fraction of sp³-hybridized carbons (Fsp3) is 0.190. The molecule has 1 aromatic carbocycles. The molecule has 0 spiro atoms. The molecule has 0 bridgehead atoms. The number of nitrogens with zero attached hydrogens (tertiary/aromatic N) is 6. The van der Waals surface area contributed by atoms with Gasteiger partial charge in [-0.2, -0.15) is 10.2 Å². The van der Waals surface area contributed by atoms with Crippen molar-refractivity contribution in [2.24, 2.45) is 5.92 Å². The third kappa shape index (κ3) is 3.17. The number of rotatable bonds is 5. The molecule has 172 valence electrons. The molecular weight excluding hydrogens is 468 g/mol. The van der Waals surface area contributed by atoms with Gasteiger partial charge in [0.2, 0.25) is 5.91 Å². The van der Waals surface area contributed by atoms with Gasteiger partial charge in [-0.25, -0.2) is 13.8 Å². The maximum atomic E-state index is 15.6. The number of aromatic amines is 2. The van der Waals surface area contributed by atoms with Gasteiger partial charge in [0.05, 0.1) is 46.9 Å². The Morgan fingerprint density at radius 1 is 1.29 bits per heavy atom. The van der Waals surface area contributed by atoms with Crippen LogP contribution in [0.25, 0.3) is 27.8 Å². The Morgan fingerprint density at radius 2 is 2.12 bits per heavy atom. The molecular formula is C21H16ClF2N9O. The second kappa shape index (κ2) is 7.48. The number of anilines is 3. The summed E-state index contributed by atoms with van der Waals surface area (Å²) in [5.41, 5.74) is 1.80. The molecule has 1 amide bonds. The summed E-state index contributed by atoms with van der Waals surface area (Å²) >= 11 is 6.53. The number of carbonyl (C=O) groups excluding carboxylic acids is 1. The van der Waals surface area contributed by atoms with Crippen molar-refractivity contribution in [1.29, 1.82) is 0 Å². The second-order valence-corrected chi connectivity index (χ2v) is 8.40. The molecule has 1 aliphatic rings. The number of alkyl halides is 1. The first-order chi connectivity index (χ1) is 16.4. The Morgan fingerprint density at radius 3 is 2.85 bits per heavy atom. The van der Waals surface area contributed by atoms with Crippen LogP contribution in [0.5, 0.6) is 0 Å². The highest BCUT2D eigenvalue weighted by Gasteiger charge is 2.43. The maximum absolute atomic E-state index is 15.6. The van der Waals surface area contributed by atoms with Crippen molar-refractivity contribution in [3.05, 3.63) is 47.9 Å². The van der Waals surface area contributed by atoms with Crippen LogP contribution in [0.3, 0.4) is 0 Å². The quantitative estimate of drug-likeness (QED) is 0.349. The van der Waals surface area contributed by atoms with E-state index in [0.717, 1.165) is 0 Å². The third-order valence-electron chi connectivity index (χ3n) is 5.85. The average Bonchev–Trinajstić information content (AvgIpc) is 3.26. The fourth-order valence-corrected chi connectivity index (χ4v) is 4.25. The summed E-state index contributed by atoms with van der Waals surface area (Å²) in [6.07, 6.45) is 6.91. The van der Waals surface area contributed by atoms with E-state index < -0.39 is 23.8 Å². The Bertz CT molecular complexity index is 1560. The lowest BCUT2D eigenvalue weighted by Gasteiger charge is -2.20. The van der Waals surface area contributed by atoms with Gasteiger partial charge in [0.1, 0.15) is 17.7 Å². The number of amides is 1. The minimum Gasteiger partial charge on any atom is -0.326 e. The number of carbonyl (C=O) groups is 1. The molecule has 0 aliphatic heterocycles. The van der Waals surface area contributed by atoms with Crippen LogP contribution in [-0.2, 0) is 4.79 Å². The van der Waals surface area contributed by atoms with E-state index in [1.165, 1.54) is 6.20 Å². The molecule has 6 rings (SSSR count). The Labute approximate surface area is 195 Å². The zero-order chi connectivity index (χ0) is 23.6. The van der Waals surface area contributed by atoms with E-state index in [1.54, 1.807) is 47.2 Å². The summed E-state index contributed by atoms with van der Waals surface area (Å²) in [5.74, 6) is -0.864. The highest BCUT2D eigenvalue weighted by atomic mass is 35.5. The van der Waals surface area contributed by atoms with Crippen molar-refractivity contribution in [3.8, 4) is 11.3 Å². The molecule has 1 aliphatic carbocycles. The standard InChI is InChI=1S/C21H16ClF2N9O/c1-32(14-2-3-26-30-14)20-18(24)17(22)16(10-5-27-31-19(10)20)12-7-33-8-13(28-15(33)6-25-12)29-21(34)9-4-11(9)23/h2-3,5-9,11H,4H2,1H3,(H,26,30)(H,27,31)(H,29,34). The molecule has 13 heteroatoms. The zero-order valence-corrected chi connectivity index (χ0v) is 18.3. The Kier molecular flexibility index (Phi) is 4.52. The molecule has 4 aromatic heterocycles. The van der Waals surface area contributed by atoms with Crippen molar-refractivity contribution in [2.45, 2.75) is 12.6 Å². The molecule has 0 radical (unpaired) electrons. The normalized spacial score (nSPS) is 17.4. The lowest BCUT2D eigenvalue weighted by Crippen LogP contribution is -2.15. The molecule has 0 saturated heterocycles. The van der Waals surface area contributed by atoms with Crippen LogP contribution < -0.4 is 10.2 Å². The fourth-order valence-electron chi connectivity index (χ4n) is 3.96. The van der Waals surface area contributed by atoms with Gasteiger partial charge in [-0.1, -0.05) is 11.6 Å².